The molecule has 50 heavy (non-hydrogen) atoms. The number of esters is 2. The SMILES string of the molecule is CCCCC/C=C\C/C=C\CCCCCCCC(=O)OCC(COC(=O)CCCCCCCCCCCCCCC)OC(=O)NC1CN(C)C1. The molecule has 1 aliphatic rings. The van der Waals surface area contributed by atoms with Crippen LogP contribution in [-0.2, 0) is 23.8 Å². The quantitative estimate of drug-likeness (QED) is 0.0308. The van der Waals surface area contributed by atoms with Crippen LogP contribution in [-0.4, -0.2) is 68.4 Å². The zero-order valence-corrected chi connectivity index (χ0v) is 32.6. The fraction of sp³-hybridized carbons (Fsp3) is 0.833. The summed E-state index contributed by atoms with van der Waals surface area (Å²) < 4.78 is 16.4. The van der Waals surface area contributed by atoms with Crippen molar-refractivity contribution in [1.29, 1.82) is 0 Å². The van der Waals surface area contributed by atoms with Gasteiger partial charge in [-0.2, -0.15) is 0 Å². The second-order valence-electron chi connectivity index (χ2n) is 14.4. The Bertz CT molecular complexity index is 885. The summed E-state index contributed by atoms with van der Waals surface area (Å²) in [5.41, 5.74) is 0. The maximum atomic E-state index is 12.5. The van der Waals surface area contributed by atoms with Crippen LogP contribution in [0.1, 0.15) is 181 Å². The van der Waals surface area contributed by atoms with Crippen LogP contribution in [0.2, 0.25) is 0 Å². The van der Waals surface area contributed by atoms with E-state index in [9.17, 15) is 14.4 Å². The van der Waals surface area contributed by atoms with E-state index in [-0.39, 0.29) is 31.2 Å². The normalized spacial score (nSPS) is 14.2. The summed E-state index contributed by atoms with van der Waals surface area (Å²) in [6.45, 7) is 5.77. The lowest BCUT2D eigenvalue weighted by Gasteiger charge is -2.36. The number of likely N-dealkylation sites (tertiary alicyclic amines) is 1. The highest BCUT2D eigenvalue weighted by molar-refractivity contribution is 5.70. The smallest absolute Gasteiger partial charge is 0.407 e. The minimum atomic E-state index is -0.836. The molecule has 8 nitrogen and oxygen atoms in total. The first kappa shape index (κ1) is 45.7. The molecule has 1 rings (SSSR count). The number of hydrogen-bond acceptors (Lipinski definition) is 7. The molecule has 0 bridgehead atoms. The summed E-state index contributed by atoms with van der Waals surface area (Å²) in [6, 6.07) is 0.0343. The monoisotopic (exact) mass is 705 g/mol. The number of alkyl carbamates (subject to hydrolysis) is 1. The van der Waals surface area contributed by atoms with Gasteiger partial charge in [-0.05, 0) is 52.0 Å². The number of rotatable bonds is 34. The second-order valence-corrected chi connectivity index (χ2v) is 14.4. The number of nitrogens with zero attached hydrogens (tertiary/aromatic N) is 1. The second kappa shape index (κ2) is 33.8. The Balaban J connectivity index is 2.18. The number of likely N-dealkylation sites (N-methyl/N-ethyl adjacent to an activating group) is 1. The largest absolute Gasteiger partial charge is 0.462 e. The van der Waals surface area contributed by atoms with Crippen molar-refractivity contribution < 1.29 is 28.6 Å². The molecule has 1 aliphatic heterocycles. The van der Waals surface area contributed by atoms with E-state index in [0.29, 0.717) is 12.8 Å². The summed E-state index contributed by atoms with van der Waals surface area (Å²) in [5.74, 6) is -0.622. The van der Waals surface area contributed by atoms with Gasteiger partial charge in [-0.15, -0.1) is 0 Å². The van der Waals surface area contributed by atoms with Gasteiger partial charge in [-0.3, -0.25) is 9.59 Å². The predicted molar refractivity (Wildman–Crippen MR) is 206 cm³/mol. The van der Waals surface area contributed by atoms with Crippen molar-refractivity contribution in [1.82, 2.24) is 10.2 Å². The summed E-state index contributed by atoms with van der Waals surface area (Å²) >= 11 is 0. The van der Waals surface area contributed by atoms with Crippen LogP contribution in [0.5, 0.6) is 0 Å². The Morgan fingerprint density at radius 2 is 1.00 bits per heavy atom. The first-order chi connectivity index (χ1) is 24.4. The molecular weight excluding hydrogens is 628 g/mol. The standard InChI is InChI=1S/C42H76N2O6/c1-4-6-8-10-12-14-16-18-19-21-23-25-27-29-31-33-41(46)49-37-39(50-42(47)43-38-34-44(3)35-38)36-48-40(45)32-30-28-26-24-22-20-17-15-13-11-9-7-5-2/h12,14,18-19,38-39H,4-11,13,15-17,20-37H2,1-3H3,(H,43,47)/b14-12-,19-18-. The lowest BCUT2D eigenvalue weighted by Crippen LogP contribution is -2.58. The number of ether oxygens (including phenoxy) is 3. The van der Waals surface area contributed by atoms with Crippen LogP contribution < -0.4 is 5.32 Å². The van der Waals surface area contributed by atoms with Gasteiger partial charge in [0.1, 0.15) is 13.2 Å². The fourth-order valence-corrected chi connectivity index (χ4v) is 6.14. The topological polar surface area (TPSA) is 94.2 Å². The van der Waals surface area contributed by atoms with Crippen LogP contribution in [0.3, 0.4) is 0 Å². The van der Waals surface area contributed by atoms with E-state index in [4.69, 9.17) is 14.2 Å². The molecular formula is C42H76N2O6. The maximum Gasteiger partial charge on any atom is 0.407 e. The third-order valence-corrected chi connectivity index (χ3v) is 9.34. The Hall–Kier alpha value is -2.35. The molecule has 1 heterocycles. The highest BCUT2D eigenvalue weighted by atomic mass is 16.6. The number of carbonyl (C=O) groups excluding carboxylic acids is 3. The average Bonchev–Trinajstić information content (AvgIpc) is 3.09. The van der Waals surface area contributed by atoms with Crippen molar-refractivity contribution in [2.45, 2.75) is 193 Å². The van der Waals surface area contributed by atoms with Crippen molar-refractivity contribution in [3.63, 3.8) is 0 Å². The molecule has 1 saturated heterocycles. The highest BCUT2D eigenvalue weighted by Gasteiger charge is 2.27. The van der Waals surface area contributed by atoms with Crippen molar-refractivity contribution in [2.24, 2.45) is 0 Å². The molecule has 1 amide bonds. The van der Waals surface area contributed by atoms with Gasteiger partial charge in [0.15, 0.2) is 6.10 Å². The molecule has 1 fully saturated rings. The summed E-state index contributed by atoms with van der Waals surface area (Å²) in [7, 11) is 1.98. The Morgan fingerprint density at radius 1 is 0.600 bits per heavy atom. The predicted octanol–water partition coefficient (Wildman–Crippen LogP) is 10.8. The maximum absolute atomic E-state index is 12.5. The van der Waals surface area contributed by atoms with E-state index in [1.54, 1.807) is 0 Å². The van der Waals surface area contributed by atoms with E-state index in [0.717, 1.165) is 77.3 Å². The van der Waals surface area contributed by atoms with Crippen LogP contribution in [0, 0.1) is 0 Å². The lowest BCUT2D eigenvalue weighted by molar-refractivity contribution is -0.152. The molecule has 0 radical (unpaired) electrons. The number of amides is 1. The molecule has 0 aromatic carbocycles. The van der Waals surface area contributed by atoms with Crippen LogP contribution in [0.15, 0.2) is 24.3 Å². The molecule has 0 spiro atoms. The molecule has 290 valence electrons. The van der Waals surface area contributed by atoms with Crippen molar-refractivity contribution in [3.8, 4) is 0 Å². The minimum Gasteiger partial charge on any atom is -0.462 e. The molecule has 0 aromatic heterocycles. The third kappa shape index (κ3) is 29.4. The van der Waals surface area contributed by atoms with Gasteiger partial charge in [0, 0.05) is 25.9 Å². The number of unbranched alkanes of at least 4 members (excludes halogenated alkanes) is 20. The van der Waals surface area contributed by atoms with Crippen LogP contribution in [0.4, 0.5) is 4.79 Å². The zero-order valence-electron chi connectivity index (χ0n) is 32.6. The molecule has 1 unspecified atom stereocenters. The van der Waals surface area contributed by atoms with Gasteiger partial charge in [0.2, 0.25) is 0 Å². The fourth-order valence-electron chi connectivity index (χ4n) is 6.14. The summed E-state index contributed by atoms with van der Waals surface area (Å²) in [4.78, 5) is 39.4. The number of allylic oxidation sites excluding steroid dienone is 4. The lowest BCUT2D eigenvalue weighted by atomic mass is 10.0. The van der Waals surface area contributed by atoms with Gasteiger partial charge >= 0.3 is 18.0 Å². The summed E-state index contributed by atoms with van der Waals surface area (Å²) in [6.07, 6.45) is 36.9. The van der Waals surface area contributed by atoms with E-state index in [1.165, 1.54) is 89.9 Å². The van der Waals surface area contributed by atoms with Gasteiger partial charge in [-0.1, -0.05) is 147 Å². The van der Waals surface area contributed by atoms with Gasteiger partial charge in [-0.25, -0.2) is 4.79 Å². The van der Waals surface area contributed by atoms with Gasteiger partial charge in [0.05, 0.1) is 6.04 Å². The molecule has 1 atom stereocenters. The zero-order chi connectivity index (χ0) is 36.3. The Kier molecular flexibility index (Phi) is 30.9. The Morgan fingerprint density at radius 3 is 1.46 bits per heavy atom. The van der Waals surface area contributed by atoms with Crippen molar-refractivity contribution in [3.05, 3.63) is 24.3 Å². The van der Waals surface area contributed by atoms with Crippen LogP contribution in [0.25, 0.3) is 0 Å². The van der Waals surface area contributed by atoms with E-state index in [2.05, 4.69) is 48.4 Å². The first-order valence-electron chi connectivity index (χ1n) is 20.7. The molecule has 0 saturated carbocycles. The first-order valence-corrected chi connectivity index (χ1v) is 20.7. The van der Waals surface area contributed by atoms with Crippen molar-refractivity contribution in [2.75, 3.05) is 33.4 Å². The minimum absolute atomic E-state index is 0.0343. The van der Waals surface area contributed by atoms with Gasteiger partial charge < -0.3 is 24.4 Å². The highest BCUT2D eigenvalue weighted by Crippen LogP contribution is 2.14. The van der Waals surface area contributed by atoms with Crippen LogP contribution >= 0.6 is 0 Å². The average molecular weight is 705 g/mol. The van der Waals surface area contributed by atoms with E-state index >= 15 is 0 Å². The number of carbonyl (C=O) groups is 3. The number of hydrogen-bond donors (Lipinski definition) is 1. The molecule has 0 aromatic rings. The molecule has 1 N–H and O–H groups in total. The third-order valence-electron chi connectivity index (χ3n) is 9.34. The summed E-state index contributed by atoms with van der Waals surface area (Å²) in [5, 5.41) is 2.83. The molecule has 8 heteroatoms. The van der Waals surface area contributed by atoms with Crippen molar-refractivity contribution >= 4 is 18.0 Å². The van der Waals surface area contributed by atoms with E-state index in [1.807, 2.05) is 7.05 Å². The van der Waals surface area contributed by atoms with Gasteiger partial charge in [0.25, 0.3) is 0 Å². The Labute approximate surface area is 306 Å². The number of nitrogens with one attached hydrogen (secondary N) is 1. The van der Waals surface area contributed by atoms with E-state index < -0.39 is 12.2 Å². The molecule has 0 aliphatic carbocycles.